The fraction of sp³-hybridized carbons (Fsp3) is 0.900. The minimum atomic E-state index is 0. The van der Waals surface area contributed by atoms with E-state index in [1.165, 1.54) is 44.9 Å². The zero-order valence-electron chi connectivity index (χ0n) is 8.19. The fourth-order valence-electron chi connectivity index (χ4n) is 1.78. The van der Waals surface area contributed by atoms with Gasteiger partial charge in [-0.1, -0.05) is 39.0 Å². The number of rotatable bonds is 3. The van der Waals surface area contributed by atoms with E-state index < -0.39 is 0 Å². The zero-order chi connectivity index (χ0) is 7.23. The van der Waals surface area contributed by atoms with Gasteiger partial charge in [-0.3, -0.25) is 0 Å². The van der Waals surface area contributed by atoms with E-state index in [1.54, 1.807) is 0 Å². The van der Waals surface area contributed by atoms with Crippen LogP contribution in [0.1, 0.15) is 51.9 Å². The summed E-state index contributed by atoms with van der Waals surface area (Å²) in [7, 11) is 0. The summed E-state index contributed by atoms with van der Waals surface area (Å²) in [6, 6.07) is 0. The van der Waals surface area contributed by atoms with Crippen molar-refractivity contribution in [1.29, 1.82) is 0 Å². The number of hydrogen-bond acceptors (Lipinski definition) is 0. The summed E-state index contributed by atoms with van der Waals surface area (Å²) >= 11 is 0. The first-order valence-electron chi connectivity index (χ1n) is 4.75. The van der Waals surface area contributed by atoms with Gasteiger partial charge in [-0.25, -0.2) is 0 Å². The van der Waals surface area contributed by atoms with Gasteiger partial charge in [0.05, 0.1) is 0 Å². The Balaban J connectivity index is 0. The van der Waals surface area contributed by atoms with Crippen molar-refractivity contribution >= 4 is 23.1 Å². The van der Waals surface area contributed by atoms with E-state index in [1.807, 2.05) is 0 Å². The molecule has 0 amide bonds. The number of unbranched alkanes of at least 4 members (excludes halogenated alkanes) is 1. The van der Waals surface area contributed by atoms with Crippen LogP contribution in [0.15, 0.2) is 0 Å². The van der Waals surface area contributed by atoms with Gasteiger partial charge in [0.2, 0.25) is 0 Å². The Bertz CT molecular complexity index is 79.9. The normalized spacial score (nSPS) is 17.8. The number of hydrogen-bond donors (Lipinski definition) is 0. The predicted octanol–water partition coefficient (Wildman–Crippen LogP) is 0.194. The van der Waals surface area contributed by atoms with Crippen LogP contribution in [0, 0.1) is 12.3 Å². The summed E-state index contributed by atoms with van der Waals surface area (Å²) in [5.41, 5.74) is 0. The monoisotopic (exact) mass is 242 g/mol. The van der Waals surface area contributed by atoms with Crippen LogP contribution in [0.3, 0.4) is 0 Å². The molecule has 0 aromatic carbocycles. The van der Waals surface area contributed by atoms with Crippen LogP contribution in [0.2, 0.25) is 0 Å². The molecule has 0 spiro atoms. The van der Waals surface area contributed by atoms with Gasteiger partial charge < -0.3 is 23.4 Å². The summed E-state index contributed by atoms with van der Waals surface area (Å²) in [4.78, 5) is 0. The topological polar surface area (TPSA) is 0 Å². The van der Waals surface area contributed by atoms with Crippen LogP contribution in [-0.2, 0) is 0 Å². The van der Waals surface area contributed by atoms with E-state index >= 15 is 0 Å². The van der Waals surface area contributed by atoms with Crippen molar-refractivity contribution in [3.63, 3.8) is 0 Å². The van der Waals surface area contributed by atoms with Gasteiger partial charge in [0.25, 0.3) is 0 Å². The molecule has 0 radical (unpaired) electrons. The molecule has 1 fully saturated rings. The molecule has 0 unspecified atom stereocenters. The second kappa shape index (κ2) is 10.3. The summed E-state index contributed by atoms with van der Waals surface area (Å²) in [5, 5.41) is 0. The molecule has 2 heteroatoms. The molecule has 12 heavy (non-hydrogen) atoms. The van der Waals surface area contributed by atoms with Crippen molar-refractivity contribution in [2.45, 2.75) is 51.9 Å². The average Bonchev–Trinajstić information content (AvgIpc) is 2.03. The molecule has 0 atom stereocenters. The molecule has 0 N–H and O–H groups in total. The summed E-state index contributed by atoms with van der Waals surface area (Å²) in [6.07, 6.45) is 12.5. The van der Waals surface area contributed by atoms with E-state index in [-0.39, 0.29) is 40.0 Å². The van der Waals surface area contributed by atoms with Gasteiger partial charge in [0, 0.05) is 0 Å². The van der Waals surface area contributed by atoms with Crippen molar-refractivity contribution in [3.8, 4) is 0 Å². The molecule has 68 valence electrons. The molecule has 0 bridgehead atoms. The molecule has 0 nitrogen and oxygen atoms in total. The third kappa shape index (κ3) is 6.73. The maximum atomic E-state index is 2.45. The van der Waals surface area contributed by atoms with Crippen molar-refractivity contribution < 1.29 is 17.0 Å². The minimum Gasteiger partial charge on any atom is -1.00 e. The standard InChI is InChI=1S/C10H19.BrH.Mg/c1-2-3-7-10-8-5-4-6-9-10;;/h4,10H,2-3,5-9H2,1H3;1H;/q-1;;+2/p-1. The van der Waals surface area contributed by atoms with Gasteiger partial charge in [0.1, 0.15) is 0 Å². The first-order valence-corrected chi connectivity index (χ1v) is 4.75. The van der Waals surface area contributed by atoms with Crippen molar-refractivity contribution in [2.24, 2.45) is 5.92 Å². The molecule has 0 heterocycles. The Morgan fingerprint density at radius 3 is 2.33 bits per heavy atom. The third-order valence-electron chi connectivity index (χ3n) is 2.52. The summed E-state index contributed by atoms with van der Waals surface area (Å²) in [5.74, 6) is 1.07. The molecule has 1 aliphatic rings. The van der Waals surface area contributed by atoms with E-state index in [2.05, 4.69) is 13.3 Å². The van der Waals surface area contributed by atoms with E-state index in [9.17, 15) is 0 Å². The molecular weight excluding hydrogens is 224 g/mol. The quantitative estimate of drug-likeness (QED) is 0.491. The second-order valence-electron chi connectivity index (χ2n) is 3.45. The molecule has 0 aromatic rings. The van der Waals surface area contributed by atoms with E-state index in [0.717, 1.165) is 5.92 Å². The first-order chi connectivity index (χ1) is 4.93. The third-order valence-corrected chi connectivity index (χ3v) is 2.52. The van der Waals surface area contributed by atoms with Gasteiger partial charge in [-0.2, -0.15) is 12.8 Å². The van der Waals surface area contributed by atoms with Crippen LogP contribution in [0.5, 0.6) is 0 Å². The maximum absolute atomic E-state index is 2.45. The Hall–Kier alpha value is 1.25. The Kier molecular flexibility index (Phi) is 13.5. The fourth-order valence-corrected chi connectivity index (χ4v) is 1.78. The van der Waals surface area contributed by atoms with Crippen LogP contribution >= 0.6 is 0 Å². The summed E-state index contributed by atoms with van der Waals surface area (Å²) < 4.78 is 0. The zero-order valence-corrected chi connectivity index (χ0v) is 11.2. The van der Waals surface area contributed by atoms with Gasteiger partial charge >= 0.3 is 23.1 Å². The SMILES string of the molecule is CCCCC1CC[CH-]CC1.[Br-].[Mg+2]. The van der Waals surface area contributed by atoms with Gasteiger partial charge in [-0.15, -0.1) is 0 Å². The van der Waals surface area contributed by atoms with Crippen LogP contribution in [-0.4, -0.2) is 23.1 Å². The van der Waals surface area contributed by atoms with Gasteiger partial charge in [0.15, 0.2) is 0 Å². The molecule has 0 aromatic heterocycles. The molecule has 0 saturated heterocycles. The molecule has 0 aliphatic heterocycles. The molecule has 1 rings (SSSR count). The molecule has 1 aliphatic carbocycles. The Morgan fingerprint density at radius 2 is 1.83 bits per heavy atom. The molecular formula is C10H19BrMg. The van der Waals surface area contributed by atoms with E-state index in [4.69, 9.17) is 0 Å². The summed E-state index contributed by atoms with van der Waals surface area (Å²) in [6.45, 7) is 2.29. The maximum Gasteiger partial charge on any atom is 2.00 e. The molecule has 1 saturated carbocycles. The number of halogens is 1. The van der Waals surface area contributed by atoms with Crippen LogP contribution in [0.4, 0.5) is 0 Å². The van der Waals surface area contributed by atoms with E-state index in [0.29, 0.717) is 0 Å². The smallest absolute Gasteiger partial charge is 1.00 e. The second-order valence-corrected chi connectivity index (χ2v) is 3.45. The van der Waals surface area contributed by atoms with Gasteiger partial charge in [-0.05, 0) is 5.92 Å². The van der Waals surface area contributed by atoms with Crippen LogP contribution < -0.4 is 17.0 Å². The largest absolute Gasteiger partial charge is 2.00 e. The first kappa shape index (κ1) is 15.7. The van der Waals surface area contributed by atoms with Crippen molar-refractivity contribution in [3.05, 3.63) is 6.42 Å². The Morgan fingerprint density at radius 1 is 1.25 bits per heavy atom. The van der Waals surface area contributed by atoms with Crippen molar-refractivity contribution in [1.82, 2.24) is 0 Å². The van der Waals surface area contributed by atoms with Crippen LogP contribution in [0.25, 0.3) is 0 Å². The predicted molar refractivity (Wildman–Crippen MR) is 51.5 cm³/mol. The Labute approximate surface area is 104 Å². The van der Waals surface area contributed by atoms with Crippen molar-refractivity contribution in [2.75, 3.05) is 0 Å². The average molecular weight is 243 g/mol. The minimum absolute atomic E-state index is 0.